The van der Waals surface area contributed by atoms with Gasteiger partial charge < -0.3 is 4.74 Å². The lowest BCUT2D eigenvalue weighted by atomic mass is 10.1. The molecule has 5 heteroatoms. The van der Waals surface area contributed by atoms with Gasteiger partial charge in [0.05, 0.1) is 18.4 Å². The highest BCUT2D eigenvalue weighted by Crippen LogP contribution is 2.31. The zero-order valence-electron chi connectivity index (χ0n) is 15.2. The summed E-state index contributed by atoms with van der Waals surface area (Å²) in [5, 5.41) is 0. The number of ether oxygens (including phenoxy) is 1. The first-order chi connectivity index (χ1) is 13.7. The van der Waals surface area contributed by atoms with Gasteiger partial charge in [0.1, 0.15) is 11.4 Å². The third-order valence-corrected chi connectivity index (χ3v) is 4.92. The number of anilines is 1. The number of amides is 1. The number of carbonyl (C=O) groups excluding carboxylic acids is 1. The van der Waals surface area contributed by atoms with E-state index in [9.17, 15) is 4.79 Å². The largest absolute Gasteiger partial charge is 0.496 e. The molecule has 4 nitrogen and oxygen atoms in total. The summed E-state index contributed by atoms with van der Waals surface area (Å²) in [4.78, 5) is 19.6. The highest BCUT2D eigenvalue weighted by Gasteiger charge is 2.33. The molecule has 0 unspecified atom stereocenters. The third-order valence-electron chi connectivity index (χ3n) is 4.40. The Balaban J connectivity index is 1.85. The summed E-state index contributed by atoms with van der Waals surface area (Å²) in [6.45, 7) is 0. The number of aliphatic imine (C=N–C) groups is 1. The van der Waals surface area contributed by atoms with Crippen molar-refractivity contribution >= 4 is 39.4 Å². The second-order valence-electron chi connectivity index (χ2n) is 6.19. The third kappa shape index (κ3) is 3.49. The number of para-hydroxylation sites is 2. The van der Waals surface area contributed by atoms with Gasteiger partial charge in [0.25, 0.3) is 5.91 Å². The molecule has 0 saturated carbocycles. The molecule has 3 aromatic rings. The Hall–Kier alpha value is -3.18. The number of hydrogen-bond acceptors (Lipinski definition) is 3. The van der Waals surface area contributed by atoms with Crippen molar-refractivity contribution in [3.05, 3.63) is 100 Å². The van der Waals surface area contributed by atoms with E-state index in [0.29, 0.717) is 17.3 Å². The van der Waals surface area contributed by atoms with Crippen LogP contribution in [0.1, 0.15) is 11.1 Å². The van der Waals surface area contributed by atoms with Gasteiger partial charge in [-0.05, 0) is 48.0 Å². The van der Waals surface area contributed by atoms with E-state index >= 15 is 0 Å². The number of rotatable bonds is 4. The minimum Gasteiger partial charge on any atom is -0.496 e. The zero-order chi connectivity index (χ0) is 19.5. The molecule has 3 aromatic carbocycles. The number of nitrogens with zero attached hydrogens (tertiary/aromatic N) is 2. The Kier molecular flexibility index (Phi) is 5.08. The Bertz CT molecular complexity index is 1070. The molecule has 0 aromatic heterocycles. The Morgan fingerprint density at radius 1 is 0.929 bits per heavy atom. The molecule has 28 heavy (non-hydrogen) atoms. The molecule has 0 aliphatic carbocycles. The molecule has 4 rings (SSSR count). The molecule has 1 amide bonds. The fraction of sp³-hybridized carbons (Fsp3) is 0.0435. The normalized spacial score (nSPS) is 15.1. The van der Waals surface area contributed by atoms with Gasteiger partial charge in [-0.15, -0.1) is 0 Å². The monoisotopic (exact) mass is 432 g/mol. The van der Waals surface area contributed by atoms with Gasteiger partial charge in [0.2, 0.25) is 0 Å². The van der Waals surface area contributed by atoms with Crippen LogP contribution >= 0.6 is 15.9 Å². The van der Waals surface area contributed by atoms with Crippen molar-refractivity contribution in [1.29, 1.82) is 0 Å². The summed E-state index contributed by atoms with van der Waals surface area (Å²) in [6.07, 6.45) is 1.80. The van der Waals surface area contributed by atoms with E-state index in [2.05, 4.69) is 20.9 Å². The van der Waals surface area contributed by atoms with Gasteiger partial charge in [-0.1, -0.05) is 58.4 Å². The number of amidine groups is 1. The predicted octanol–water partition coefficient (Wildman–Crippen LogP) is 5.29. The van der Waals surface area contributed by atoms with Crippen molar-refractivity contribution < 1.29 is 9.53 Å². The second-order valence-corrected chi connectivity index (χ2v) is 7.11. The van der Waals surface area contributed by atoms with E-state index in [1.54, 1.807) is 18.1 Å². The van der Waals surface area contributed by atoms with Crippen LogP contribution in [0.25, 0.3) is 6.08 Å². The molecule has 0 bridgehead atoms. The van der Waals surface area contributed by atoms with Crippen LogP contribution in [0.3, 0.4) is 0 Å². The van der Waals surface area contributed by atoms with E-state index in [4.69, 9.17) is 4.74 Å². The summed E-state index contributed by atoms with van der Waals surface area (Å²) in [5.74, 6) is 1.05. The number of hydrogen-bond donors (Lipinski definition) is 0. The van der Waals surface area contributed by atoms with Gasteiger partial charge in [0, 0.05) is 4.47 Å². The molecular formula is C23H17BrN2O2. The SMILES string of the molecule is COc1ccccc1C1=N/C(=C/c2ccc(Br)cc2)C(=O)N1c1ccccc1. The molecule has 0 saturated heterocycles. The lowest BCUT2D eigenvalue weighted by molar-refractivity contribution is -0.113. The van der Waals surface area contributed by atoms with Gasteiger partial charge in [-0.3, -0.25) is 9.69 Å². The maximum Gasteiger partial charge on any atom is 0.282 e. The summed E-state index contributed by atoms with van der Waals surface area (Å²) in [7, 11) is 1.61. The van der Waals surface area contributed by atoms with Crippen molar-refractivity contribution in [3.8, 4) is 5.75 Å². The van der Waals surface area contributed by atoms with Crippen LogP contribution in [-0.2, 0) is 4.79 Å². The van der Waals surface area contributed by atoms with Crippen molar-refractivity contribution in [1.82, 2.24) is 0 Å². The molecule has 1 aliphatic heterocycles. The van der Waals surface area contributed by atoms with Crippen LogP contribution in [0.2, 0.25) is 0 Å². The smallest absolute Gasteiger partial charge is 0.282 e. The fourth-order valence-corrected chi connectivity index (χ4v) is 3.32. The van der Waals surface area contributed by atoms with Crippen LogP contribution in [0.15, 0.2) is 94.0 Å². The molecular weight excluding hydrogens is 416 g/mol. The maximum atomic E-state index is 13.3. The molecule has 0 spiro atoms. The van der Waals surface area contributed by atoms with Crippen LogP contribution < -0.4 is 9.64 Å². The van der Waals surface area contributed by atoms with E-state index in [-0.39, 0.29) is 5.91 Å². The molecule has 0 atom stereocenters. The molecule has 1 heterocycles. The van der Waals surface area contributed by atoms with E-state index in [1.165, 1.54) is 0 Å². The zero-order valence-corrected chi connectivity index (χ0v) is 16.8. The lowest BCUT2D eigenvalue weighted by Gasteiger charge is -2.19. The van der Waals surface area contributed by atoms with Crippen molar-refractivity contribution in [2.24, 2.45) is 4.99 Å². The lowest BCUT2D eigenvalue weighted by Crippen LogP contribution is -2.32. The summed E-state index contributed by atoms with van der Waals surface area (Å²) >= 11 is 3.43. The highest BCUT2D eigenvalue weighted by molar-refractivity contribution is 9.10. The summed E-state index contributed by atoms with van der Waals surface area (Å²) < 4.78 is 6.48. The topological polar surface area (TPSA) is 41.9 Å². The molecule has 138 valence electrons. The fourth-order valence-electron chi connectivity index (χ4n) is 3.06. The average Bonchev–Trinajstić information content (AvgIpc) is 3.06. The first-order valence-electron chi connectivity index (χ1n) is 8.76. The average molecular weight is 433 g/mol. The highest BCUT2D eigenvalue weighted by atomic mass is 79.9. The van der Waals surface area contributed by atoms with Gasteiger partial charge in [-0.25, -0.2) is 4.99 Å². The number of benzene rings is 3. The van der Waals surface area contributed by atoms with Crippen molar-refractivity contribution in [2.75, 3.05) is 12.0 Å². The van der Waals surface area contributed by atoms with Gasteiger partial charge in [0.15, 0.2) is 5.84 Å². The first kappa shape index (κ1) is 18.2. The van der Waals surface area contributed by atoms with E-state index in [0.717, 1.165) is 21.3 Å². The predicted molar refractivity (Wildman–Crippen MR) is 116 cm³/mol. The molecule has 0 N–H and O–H groups in total. The van der Waals surface area contributed by atoms with Gasteiger partial charge >= 0.3 is 0 Å². The Morgan fingerprint density at radius 2 is 1.61 bits per heavy atom. The van der Waals surface area contributed by atoms with Crippen molar-refractivity contribution in [2.45, 2.75) is 0 Å². The van der Waals surface area contributed by atoms with Crippen molar-refractivity contribution in [3.63, 3.8) is 0 Å². The number of halogens is 1. The number of methoxy groups -OCH3 is 1. The standard InChI is InChI=1S/C23H17BrN2O2/c1-28-21-10-6-5-9-19(21)22-25-20(15-16-11-13-17(24)14-12-16)23(27)26(22)18-7-3-2-4-8-18/h2-15H,1H3/b20-15+. The first-order valence-corrected chi connectivity index (χ1v) is 9.55. The van der Waals surface area contributed by atoms with E-state index in [1.807, 2.05) is 78.9 Å². The Labute approximate surface area is 171 Å². The molecule has 0 fully saturated rings. The van der Waals surface area contributed by atoms with E-state index < -0.39 is 0 Å². The van der Waals surface area contributed by atoms with Crippen LogP contribution in [0.4, 0.5) is 5.69 Å². The second kappa shape index (κ2) is 7.82. The molecule has 0 radical (unpaired) electrons. The quantitative estimate of drug-likeness (QED) is 0.525. The summed E-state index contributed by atoms with van der Waals surface area (Å²) in [5.41, 5.74) is 2.81. The summed E-state index contributed by atoms with van der Waals surface area (Å²) in [6, 6.07) is 24.8. The maximum absolute atomic E-state index is 13.3. The van der Waals surface area contributed by atoms with Crippen LogP contribution in [0.5, 0.6) is 5.75 Å². The van der Waals surface area contributed by atoms with Gasteiger partial charge in [-0.2, -0.15) is 0 Å². The number of carbonyl (C=O) groups is 1. The van der Waals surface area contributed by atoms with Crippen LogP contribution in [0, 0.1) is 0 Å². The van der Waals surface area contributed by atoms with Crippen LogP contribution in [-0.4, -0.2) is 18.9 Å². The Morgan fingerprint density at radius 3 is 2.32 bits per heavy atom. The molecule has 1 aliphatic rings. The minimum absolute atomic E-state index is 0.171. The minimum atomic E-state index is -0.171.